The quantitative estimate of drug-likeness (QED) is 0.488. The first-order valence-electron chi connectivity index (χ1n) is 9.69. The number of nitrogens with zero attached hydrogens (tertiary/aromatic N) is 1. The number of carbonyl (C=O) groups is 2. The second kappa shape index (κ2) is 9.14. The van der Waals surface area contributed by atoms with Crippen LogP contribution in [-0.2, 0) is 4.79 Å². The maximum atomic E-state index is 12.8. The second-order valence-corrected chi connectivity index (χ2v) is 7.74. The van der Waals surface area contributed by atoms with Crippen molar-refractivity contribution in [3.63, 3.8) is 0 Å². The molecule has 3 aromatic rings. The molecule has 0 spiro atoms. The van der Waals surface area contributed by atoms with Gasteiger partial charge in [0.05, 0.1) is 25.7 Å². The highest BCUT2D eigenvalue weighted by Crippen LogP contribution is 2.37. The Bertz CT molecular complexity index is 1170. The van der Waals surface area contributed by atoms with Crippen LogP contribution in [0, 0.1) is 0 Å². The smallest absolute Gasteiger partial charge is 0.293 e. The fourth-order valence-corrected chi connectivity index (χ4v) is 4.28. The van der Waals surface area contributed by atoms with E-state index in [9.17, 15) is 9.59 Å². The number of hydrogen-bond acceptors (Lipinski definition) is 6. The molecular formula is C24H21NO5S. The van der Waals surface area contributed by atoms with Crippen molar-refractivity contribution in [3.05, 3.63) is 71.1 Å². The van der Waals surface area contributed by atoms with E-state index in [-0.39, 0.29) is 24.3 Å². The van der Waals surface area contributed by atoms with Crippen LogP contribution in [0.4, 0.5) is 4.79 Å². The van der Waals surface area contributed by atoms with Gasteiger partial charge in [0.25, 0.3) is 11.1 Å². The van der Waals surface area contributed by atoms with Crippen molar-refractivity contribution in [1.82, 2.24) is 4.90 Å². The van der Waals surface area contributed by atoms with E-state index >= 15 is 0 Å². The Morgan fingerprint density at radius 1 is 0.903 bits per heavy atom. The molecule has 0 N–H and O–H groups in total. The number of ether oxygens (including phenoxy) is 3. The minimum Gasteiger partial charge on any atom is -0.493 e. The Hall–Kier alpha value is -3.45. The van der Waals surface area contributed by atoms with Gasteiger partial charge in [0, 0.05) is 10.9 Å². The third-order valence-corrected chi connectivity index (χ3v) is 5.82. The lowest BCUT2D eigenvalue weighted by atomic mass is 10.1. The summed E-state index contributed by atoms with van der Waals surface area (Å²) in [5.74, 6) is 1.44. The Balaban J connectivity index is 1.47. The lowest BCUT2D eigenvalue weighted by Crippen LogP contribution is -2.32. The van der Waals surface area contributed by atoms with Gasteiger partial charge in [-0.05, 0) is 35.4 Å². The van der Waals surface area contributed by atoms with E-state index in [0.29, 0.717) is 22.0 Å². The molecule has 7 heteroatoms. The average molecular weight is 436 g/mol. The molecule has 3 aromatic carbocycles. The fraction of sp³-hybridized carbons (Fsp3) is 0.167. The van der Waals surface area contributed by atoms with Gasteiger partial charge in [0.15, 0.2) is 11.5 Å². The van der Waals surface area contributed by atoms with Crippen LogP contribution in [0.2, 0.25) is 0 Å². The summed E-state index contributed by atoms with van der Waals surface area (Å²) in [5, 5.41) is 1.74. The highest BCUT2D eigenvalue weighted by molar-refractivity contribution is 8.18. The summed E-state index contributed by atoms with van der Waals surface area (Å²) in [6.07, 6.45) is 1.65. The summed E-state index contributed by atoms with van der Waals surface area (Å²) in [4.78, 5) is 26.8. The molecule has 1 heterocycles. The molecule has 1 saturated heterocycles. The Labute approximate surface area is 184 Å². The summed E-state index contributed by atoms with van der Waals surface area (Å²) in [7, 11) is 3.08. The van der Waals surface area contributed by atoms with Crippen molar-refractivity contribution in [2.24, 2.45) is 0 Å². The largest absolute Gasteiger partial charge is 0.493 e. The molecule has 4 rings (SSSR count). The number of benzene rings is 3. The molecule has 1 aliphatic rings. The Morgan fingerprint density at radius 3 is 2.45 bits per heavy atom. The first-order valence-corrected chi connectivity index (χ1v) is 10.5. The van der Waals surface area contributed by atoms with Gasteiger partial charge in [-0.3, -0.25) is 14.5 Å². The number of imide groups is 1. The van der Waals surface area contributed by atoms with E-state index in [1.54, 1.807) is 31.4 Å². The topological polar surface area (TPSA) is 65.1 Å². The van der Waals surface area contributed by atoms with Crippen LogP contribution in [0.25, 0.3) is 16.8 Å². The lowest BCUT2D eigenvalue weighted by Gasteiger charge is -2.14. The van der Waals surface area contributed by atoms with E-state index in [4.69, 9.17) is 14.2 Å². The maximum absolute atomic E-state index is 12.8. The summed E-state index contributed by atoms with van der Waals surface area (Å²) < 4.78 is 16.6. The molecule has 0 saturated carbocycles. The SMILES string of the molecule is COc1cccc(/C=C2\SC(=O)N(CCOc3cccc4ccccc34)C2=O)c1OC. The lowest BCUT2D eigenvalue weighted by molar-refractivity contribution is -0.123. The molecule has 0 aliphatic carbocycles. The number of carbonyl (C=O) groups excluding carboxylic acids is 2. The van der Waals surface area contributed by atoms with Crippen LogP contribution < -0.4 is 14.2 Å². The molecule has 2 amide bonds. The normalized spacial score (nSPS) is 15.0. The molecule has 0 unspecified atom stereocenters. The van der Waals surface area contributed by atoms with Gasteiger partial charge in [-0.15, -0.1) is 0 Å². The van der Waals surface area contributed by atoms with Crippen molar-refractivity contribution < 1.29 is 23.8 Å². The number of amides is 2. The van der Waals surface area contributed by atoms with Crippen LogP contribution in [0.3, 0.4) is 0 Å². The van der Waals surface area contributed by atoms with Gasteiger partial charge in [0.2, 0.25) is 0 Å². The average Bonchev–Trinajstić information content (AvgIpc) is 3.06. The third-order valence-electron chi connectivity index (χ3n) is 4.92. The second-order valence-electron chi connectivity index (χ2n) is 6.74. The number of hydrogen-bond donors (Lipinski definition) is 0. The third kappa shape index (κ3) is 4.22. The first-order chi connectivity index (χ1) is 15.1. The van der Waals surface area contributed by atoms with Gasteiger partial charge >= 0.3 is 0 Å². The first kappa shape index (κ1) is 20.8. The van der Waals surface area contributed by atoms with Crippen LogP contribution >= 0.6 is 11.8 Å². The molecule has 158 valence electrons. The van der Waals surface area contributed by atoms with Gasteiger partial charge in [-0.25, -0.2) is 0 Å². The molecule has 0 radical (unpaired) electrons. The Kier molecular flexibility index (Phi) is 6.13. The molecule has 0 aromatic heterocycles. The predicted octanol–water partition coefficient (Wildman–Crippen LogP) is 4.97. The van der Waals surface area contributed by atoms with Crippen LogP contribution in [0.15, 0.2) is 65.6 Å². The number of methoxy groups -OCH3 is 2. The minimum atomic E-state index is -0.346. The number of para-hydroxylation sites is 1. The zero-order chi connectivity index (χ0) is 21.8. The fourth-order valence-electron chi connectivity index (χ4n) is 3.43. The monoisotopic (exact) mass is 435 g/mol. The van der Waals surface area contributed by atoms with Crippen LogP contribution in [0.1, 0.15) is 5.56 Å². The maximum Gasteiger partial charge on any atom is 0.293 e. The predicted molar refractivity (Wildman–Crippen MR) is 122 cm³/mol. The van der Waals surface area contributed by atoms with Crippen LogP contribution in [-0.4, -0.2) is 43.4 Å². The van der Waals surface area contributed by atoms with Crippen molar-refractivity contribution in [2.45, 2.75) is 0 Å². The van der Waals surface area contributed by atoms with Gasteiger partial charge < -0.3 is 14.2 Å². The number of thioether (sulfide) groups is 1. The minimum absolute atomic E-state index is 0.167. The highest BCUT2D eigenvalue weighted by atomic mass is 32.2. The molecule has 31 heavy (non-hydrogen) atoms. The summed E-state index contributed by atoms with van der Waals surface area (Å²) >= 11 is 0.905. The molecule has 6 nitrogen and oxygen atoms in total. The summed E-state index contributed by atoms with van der Waals surface area (Å²) in [6, 6.07) is 19.1. The van der Waals surface area contributed by atoms with E-state index in [2.05, 4.69) is 0 Å². The van der Waals surface area contributed by atoms with E-state index in [0.717, 1.165) is 28.3 Å². The summed E-state index contributed by atoms with van der Waals surface area (Å²) in [5.41, 5.74) is 0.666. The van der Waals surface area contributed by atoms with E-state index in [1.807, 2.05) is 42.5 Å². The summed E-state index contributed by atoms with van der Waals surface area (Å²) in [6.45, 7) is 0.377. The van der Waals surface area contributed by atoms with E-state index in [1.165, 1.54) is 12.0 Å². The standard InChI is InChI=1S/C24H21NO5S/c1-28-20-12-6-9-17(22(20)29-2)15-21-23(26)25(24(27)31-21)13-14-30-19-11-5-8-16-7-3-4-10-18(16)19/h3-12,15H,13-14H2,1-2H3/b21-15-. The number of rotatable bonds is 7. The van der Waals surface area contributed by atoms with E-state index < -0.39 is 0 Å². The zero-order valence-corrected chi connectivity index (χ0v) is 18.0. The van der Waals surface area contributed by atoms with Crippen LogP contribution in [0.5, 0.6) is 17.2 Å². The number of fused-ring (bicyclic) bond motifs is 1. The molecule has 1 aliphatic heterocycles. The van der Waals surface area contributed by atoms with Gasteiger partial charge in [0.1, 0.15) is 12.4 Å². The zero-order valence-electron chi connectivity index (χ0n) is 17.2. The molecule has 0 bridgehead atoms. The van der Waals surface area contributed by atoms with Crippen molar-refractivity contribution in [1.29, 1.82) is 0 Å². The van der Waals surface area contributed by atoms with Gasteiger partial charge in [-0.2, -0.15) is 0 Å². The van der Waals surface area contributed by atoms with Crippen molar-refractivity contribution in [3.8, 4) is 17.2 Å². The van der Waals surface area contributed by atoms with Crippen molar-refractivity contribution in [2.75, 3.05) is 27.4 Å². The molecule has 0 atom stereocenters. The van der Waals surface area contributed by atoms with Crippen molar-refractivity contribution >= 4 is 39.8 Å². The molecule has 1 fully saturated rings. The van der Waals surface area contributed by atoms with Gasteiger partial charge in [-0.1, -0.05) is 48.5 Å². The molecular weight excluding hydrogens is 414 g/mol. The highest BCUT2D eigenvalue weighted by Gasteiger charge is 2.35. The Morgan fingerprint density at radius 2 is 1.65 bits per heavy atom.